The molecule has 0 saturated carbocycles. The van der Waals surface area contributed by atoms with Crippen molar-refractivity contribution >= 4 is 5.97 Å². The molecule has 0 aromatic rings. The van der Waals surface area contributed by atoms with Crippen LogP contribution in [0, 0.1) is 0 Å². The molecule has 1 atom stereocenters. The molecule has 1 unspecified atom stereocenters. The Morgan fingerprint density at radius 3 is 2.38 bits per heavy atom. The average molecular weight is 225 g/mol. The summed E-state index contributed by atoms with van der Waals surface area (Å²) in [7, 11) is 0. The fourth-order valence-electron chi connectivity index (χ4n) is 1.30. The SMILES string of the molecule is [2H]C(CC)CC/C=C\C/C=C\CCCC(=O)O. The highest BCUT2D eigenvalue weighted by molar-refractivity contribution is 5.66. The van der Waals surface area contributed by atoms with Gasteiger partial charge < -0.3 is 5.11 Å². The molecule has 0 heterocycles. The van der Waals surface area contributed by atoms with Gasteiger partial charge in [0.05, 0.1) is 0 Å². The maximum absolute atomic E-state index is 10.2. The maximum atomic E-state index is 10.2. The van der Waals surface area contributed by atoms with E-state index in [-0.39, 0.29) is 12.8 Å². The van der Waals surface area contributed by atoms with Gasteiger partial charge in [0, 0.05) is 7.79 Å². The van der Waals surface area contributed by atoms with Crippen molar-refractivity contribution in [2.75, 3.05) is 0 Å². The highest BCUT2D eigenvalue weighted by Crippen LogP contribution is 2.01. The Morgan fingerprint density at radius 2 is 1.81 bits per heavy atom. The van der Waals surface area contributed by atoms with Crippen LogP contribution in [0.15, 0.2) is 24.3 Å². The molecular weight excluding hydrogens is 200 g/mol. The van der Waals surface area contributed by atoms with Gasteiger partial charge in [-0.3, -0.25) is 4.79 Å². The Labute approximate surface area is 100 Å². The predicted octanol–water partition coefficient (Wildman–Crippen LogP) is 4.32. The van der Waals surface area contributed by atoms with E-state index in [0.717, 1.165) is 32.1 Å². The standard InChI is InChI=1S/C14H24O2/c1-2-3-4-5-6-7-8-9-10-11-12-13-14(15)16/h6-7,9-10H,2-5,8,11-13H2,1H3,(H,15,16)/b7-6-,10-9-/i3D. The van der Waals surface area contributed by atoms with E-state index in [2.05, 4.69) is 18.2 Å². The van der Waals surface area contributed by atoms with Crippen LogP contribution >= 0.6 is 0 Å². The molecule has 0 rings (SSSR count). The normalized spacial score (nSPS) is 14.4. The van der Waals surface area contributed by atoms with Gasteiger partial charge in [0.15, 0.2) is 0 Å². The lowest BCUT2D eigenvalue weighted by Gasteiger charge is -1.91. The van der Waals surface area contributed by atoms with Crippen LogP contribution in [0.3, 0.4) is 0 Å². The number of carboxylic acid groups (broad SMARTS) is 1. The van der Waals surface area contributed by atoms with Gasteiger partial charge in [-0.05, 0) is 32.1 Å². The molecule has 92 valence electrons. The molecule has 0 aromatic carbocycles. The fraction of sp³-hybridized carbons (Fsp3) is 0.643. The van der Waals surface area contributed by atoms with Crippen LogP contribution < -0.4 is 0 Å². The van der Waals surface area contributed by atoms with E-state index < -0.39 is 5.97 Å². The van der Waals surface area contributed by atoms with Crippen LogP contribution in [0.4, 0.5) is 0 Å². The molecule has 0 aliphatic carbocycles. The molecule has 0 fully saturated rings. The third-order valence-corrected chi connectivity index (χ3v) is 2.19. The summed E-state index contributed by atoms with van der Waals surface area (Å²) in [4.78, 5) is 10.2. The molecule has 2 heteroatoms. The van der Waals surface area contributed by atoms with E-state index in [0.29, 0.717) is 6.42 Å². The second kappa shape index (κ2) is 12.0. The van der Waals surface area contributed by atoms with Crippen LogP contribution in [0.5, 0.6) is 0 Å². The highest BCUT2D eigenvalue weighted by Gasteiger charge is 1.92. The second-order valence-corrected chi connectivity index (χ2v) is 3.74. The van der Waals surface area contributed by atoms with Crippen molar-refractivity contribution in [3.63, 3.8) is 0 Å². The summed E-state index contributed by atoms with van der Waals surface area (Å²) in [5, 5.41) is 8.43. The molecular formula is C14H24O2. The van der Waals surface area contributed by atoms with Gasteiger partial charge in [0.2, 0.25) is 0 Å². The minimum Gasteiger partial charge on any atom is -0.481 e. The second-order valence-electron chi connectivity index (χ2n) is 3.74. The number of hydrogen-bond donors (Lipinski definition) is 1. The monoisotopic (exact) mass is 225 g/mol. The van der Waals surface area contributed by atoms with Gasteiger partial charge in [0.25, 0.3) is 0 Å². The minimum atomic E-state index is -0.723. The highest BCUT2D eigenvalue weighted by atomic mass is 16.4. The lowest BCUT2D eigenvalue weighted by Crippen LogP contribution is -1.92. The summed E-state index contributed by atoms with van der Waals surface area (Å²) in [5.74, 6) is -0.723. The van der Waals surface area contributed by atoms with E-state index in [1.54, 1.807) is 0 Å². The Bertz CT molecular complexity index is 247. The molecule has 0 amide bonds. The molecule has 2 nitrogen and oxygen atoms in total. The minimum absolute atomic E-state index is 0.0752. The van der Waals surface area contributed by atoms with Gasteiger partial charge in [0.1, 0.15) is 0 Å². The number of aliphatic carboxylic acids is 1. The van der Waals surface area contributed by atoms with E-state index in [1.165, 1.54) is 0 Å². The van der Waals surface area contributed by atoms with E-state index in [4.69, 9.17) is 6.48 Å². The molecule has 0 bridgehead atoms. The van der Waals surface area contributed by atoms with Crippen molar-refractivity contribution in [1.82, 2.24) is 0 Å². The molecule has 0 spiro atoms. The lowest BCUT2D eigenvalue weighted by atomic mass is 10.2. The Balaban J connectivity index is 3.34. The van der Waals surface area contributed by atoms with Gasteiger partial charge in [-0.2, -0.15) is 0 Å². The fourth-order valence-corrected chi connectivity index (χ4v) is 1.30. The Hall–Kier alpha value is -1.05. The van der Waals surface area contributed by atoms with Crippen molar-refractivity contribution in [1.29, 1.82) is 0 Å². The molecule has 0 aliphatic heterocycles. The van der Waals surface area contributed by atoms with Gasteiger partial charge in [-0.1, -0.05) is 44.0 Å². The van der Waals surface area contributed by atoms with Gasteiger partial charge in [-0.15, -0.1) is 0 Å². The number of carboxylic acids is 1. The van der Waals surface area contributed by atoms with Crippen molar-refractivity contribution < 1.29 is 11.3 Å². The molecule has 16 heavy (non-hydrogen) atoms. The third-order valence-electron chi connectivity index (χ3n) is 2.19. The summed E-state index contributed by atoms with van der Waals surface area (Å²) < 4.78 is 7.55. The molecule has 0 radical (unpaired) electrons. The predicted molar refractivity (Wildman–Crippen MR) is 68.5 cm³/mol. The van der Waals surface area contributed by atoms with Crippen molar-refractivity contribution in [2.45, 2.75) is 58.3 Å². The summed E-state index contributed by atoms with van der Waals surface area (Å²) >= 11 is 0. The third kappa shape index (κ3) is 12.9. The topological polar surface area (TPSA) is 37.3 Å². The van der Waals surface area contributed by atoms with Gasteiger partial charge in [-0.25, -0.2) is 0 Å². The van der Waals surface area contributed by atoms with Crippen molar-refractivity contribution in [3.05, 3.63) is 24.3 Å². The zero-order valence-electron chi connectivity index (χ0n) is 11.2. The summed E-state index contributed by atoms with van der Waals surface area (Å²) in [6.45, 7) is 2.04. The number of rotatable bonds is 10. The number of hydrogen-bond acceptors (Lipinski definition) is 1. The molecule has 0 aromatic heterocycles. The largest absolute Gasteiger partial charge is 0.481 e. The quantitative estimate of drug-likeness (QED) is 0.444. The van der Waals surface area contributed by atoms with E-state index in [9.17, 15) is 4.79 Å². The zero-order valence-corrected chi connectivity index (χ0v) is 10.2. The first kappa shape index (κ1) is 13.0. The van der Waals surface area contributed by atoms with Crippen molar-refractivity contribution in [3.8, 4) is 0 Å². The van der Waals surface area contributed by atoms with Crippen LogP contribution in [-0.2, 0) is 4.79 Å². The first-order valence-corrected chi connectivity index (χ1v) is 6.10. The molecule has 0 aliphatic rings. The summed E-state index contributed by atoms with van der Waals surface area (Å²) in [5.41, 5.74) is 0. The smallest absolute Gasteiger partial charge is 0.303 e. The van der Waals surface area contributed by atoms with Crippen LogP contribution in [-0.4, -0.2) is 11.1 Å². The summed E-state index contributed by atoms with van der Waals surface area (Å²) in [6, 6.07) is 0. The maximum Gasteiger partial charge on any atom is 0.303 e. The van der Waals surface area contributed by atoms with Crippen LogP contribution in [0.1, 0.15) is 59.6 Å². The van der Waals surface area contributed by atoms with Crippen molar-refractivity contribution in [2.24, 2.45) is 0 Å². The lowest BCUT2D eigenvalue weighted by molar-refractivity contribution is -0.137. The first-order chi connectivity index (χ1) is 8.16. The first-order valence-electron chi connectivity index (χ1n) is 6.68. The molecule has 1 N–H and O–H groups in total. The van der Waals surface area contributed by atoms with E-state index in [1.807, 2.05) is 13.0 Å². The molecule has 0 saturated heterocycles. The zero-order chi connectivity index (χ0) is 12.9. The van der Waals surface area contributed by atoms with E-state index >= 15 is 0 Å². The van der Waals surface area contributed by atoms with Crippen LogP contribution in [0.25, 0.3) is 0 Å². The average Bonchev–Trinajstić information content (AvgIpc) is 2.30. The number of allylic oxidation sites excluding steroid dienone is 4. The number of carbonyl (C=O) groups is 1. The summed E-state index contributed by atoms with van der Waals surface area (Å²) in [6.07, 6.45) is 14.0. The van der Waals surface area contributed by atoms with Crippen LogP contribution in [0.2, 0.25) is 0 Å². The Morgan fingerprint density at radius 1 is 1.19 bits per heavy atom. The number of unbranched alkanes of at least 4 members (excludes halogenated alkanes) is 1. The Kier molecular flexibility index (Phi) is 9.78. The van der Waals surface area contributed by atoms with Gasteiger partial charge >= 0.3 is 5.97 Å².